The third-order valence-electron chi connectivity index (χ3n) is 3.24. The molecule has 0 aliphatic carbocycles. The van der Waals surface area contributed by atoms with E-state index in [1.165, 1.54) is 15.6 Å². The quantitative estimate of drug-likeness (QED) is 0.847. The number of anilines is 1. The van der Waals surface area contributed by atoms with Gasteiger partial charge in [-0.15, -0.1) is 11.3 Å². The van der Waals surface area contributed by atoms with Gasteiger partial charge in [-0.3, -0.25) is 4.40 Å². The zero-order valence-corrected chi connectivity index (χ0v) is 14.5. The van der Waals surface area contributed by atoms with Gasteiger partial charge in [0.2, 0.25) is 0 Å². The summed E-state index contributed by atoms with van der Waals surface area (Å²) in [5, 5.41) is 5.11. The zero-order chi connectivity index (χ0) is 15.6. The lowest BCUT2D eigenvalue weighted by atomic mass is 10.1. The highest BCUT2D eigenvalue weighted by atomic mass is 32.2. The van der Waals surface area contributed by atoms with Crippen molar-refractivity contribution in [3.63, 3.8) is 0 Å². The summed E-state index contributed by atoms with van der Waals surface area (Å²) in [6, 6.07) is 0. The fourth-order valence-corrected chi connectivity index (χ4v) is 4.17. The van der Waals surface area contributed by atoms with Crippen molar-refractivity contribution in [2.75, 3.05) is 25.5 Å². The summed E-state index contributed by atoms with van der Waals surface area (Å²) in [4.78, 5) is 5.05. The van der Waals surface area contributed by atoms with Crippen LogP contribution in [0.2, 0.25) is 0 Å². The van der Waals surface area contributed by atoms with Gasteiger partial charge in [-0.2, -0.15) is 4.31 Å². The van der Waals surface area contributed by atoms with Crippen LogP contribution in [0, 0.1) is 5.92 Å². The lowest BCUT2D eigenvalue weighted by Gasteiger charge is -2.18. The Kier molecular flexibility index (Phi) is 4.90. The Morgan fingerprint density at radius 2 is 2.19 bits per heavy atom. The number of nitrogens with zero attached hydrogens (tertiary/aromatic N) is 3. The summed E-state index contributed by atoms with van der Waals surface area (Å²) < 4.78 is 28.7. The van der Waals surface area contributed by atoms with Crippen molar-refractivity contribution in [2.24, 2.45) is 5.92 Å². The molecule has 0 unspecified atom stereocenters. The molecule has 2 rings (SSSR count). The van der Waals surface area contributed by atoms with Gasteiger partial charge >= 0.3 is 0 Å². The largest absolute Gasteiger partial charge is 0.368 e. The van der Waals surface area contributed by atoms with E-state index in [-0.39, 0.29) is 5.03 Å². The molecule has 1 N–H and O–H groups in total. The molecule has 0 aliphatic rings. The number of aromatic nitrogens is 2. The van der Waals surface area contributed by atoms with Crippen LogP contribution < -0.4 is 5.32 Å². The molecule has 8 heteroatoms. The summed E-state index contributed by atoms with van der Waals surface area (Å²) in [7, 11) is -1.94. The number of hydrogen-bond donors (Lipinski definition) is 1. The van der Waals surface area contributed by atoms with Crippen LogP contribution in [0.5, 0.6) is 0 Å². The monoisotopic (exact) mass is 330 g/mol. The minimum Gasteiger partial charge on any atom is -0.368 e. The van der Waals surface area contributed by atoms with Crippen molar-refractivity contribution >= 4 is 32.1 Å². The number of hydrogen-bond acceptors (Lipinski definition) is 5. The van der Waals surface area contributed by atoms with Crippen LogP contribution in [0.25, 0.3) is 4.96 Å². The van der Waals surface area contributed by atoms with Gasteiger partial charge in [0.1, 0.15) is 0 Å². The van der Waals surface area contributed by atoms with Crippen LogP contribution >= 0.6 is 11.3 Å². The first-order valence-electron chi connectivity index (χ1n) is 7.03. The average molecular weight is 330 g/mol. The summed E-state index contributed by atoms with van der Waals surface area (Å²) in [5.74, 6) is 0.892. The van der Waals surface area contributed by atoms with Crippen molar-refractivity contribution in [3.8, 4) is 0 Å². The van der Waals surface area contributed by atoms with Crippen LogP contribution in [-0.4, -0.2) is 42.2 Å². The van der Waals surface area contributed by atoms with Gasteiger partial charge in [-0.05, 0) is 19.3 Å². The highest BCUT2D eigenvalue weighted by molar-refractivity contribution is 7.89. The number of nitrogens with one attached hydrogen (secondary N) is 1. The van der Waals surface area contributed by atoms with E-state index < -0.39 is 10.0 Å². The van der Waals surface area contributed by atoms with Crippen LogP contribution in [0.3, 0.4) is 0 Å². The standard InChI is InChI=1S/C13H22N4O2S2/c1-5-14-11-12(17-8-9-20-13(17)15-11)21(18,19)16(4)7-6-10(2)3/h8-10,14H,5-7H2,1-4H3. The van der Waals surface area contributed by atoms with Crippen molar-refractivity contribution in [1.29, 1.82) is 0 Å². The smallest absolute Gasteiger partial charge is 0.262 e. The molecule has 2 aromatic rings. The van der Waals surface area contributed by atoms with E-state index in [0.29, 0.717) is 29.8 Å². The topological polar surface area (TPSA) is 66.7 Å². The van der Waals surface area contributed by atoms with Crippen molar-refractivity contribution in [1.82, 2.24) is 13.7 Å². The fourth-order valence-electron chi connectivity index (χ4n) is 2.00. The highest BCUT2D eigenvalue weighted by Gasteiger charge is 2.29. The maximum absolute atomic E-state index is 12.8. The minimum absolute atomic E-state index is 0.229. The first-order chi connectivity index (χ1) is 9.87. The Hall–Kier alpha value is -1.12. The maximum Gasteiger partial charge on any atom is 0.262 e. The third-order valence-corrected chi connectivity index (χ3v) is 5.88. The number of thiazole rings is 1. The average Bonchev–Trinajstić information content (AvgIpc) is 2.95. The molecule has 0 aromatic carbocycles. The summed E-state index contributed by atoms with van der Waals surface area (Å²) in [6.07, 6.45) is 2.58. The summed E-state index contributed by atoms with van der Waals surface area (Å²) in [6.45, 7) is 7.22. The van der Waals surface area contributed by atoms with Crippen LogP contribution in [0.1, 0.15) is 27.2 Å². The van der Waals surface area contributed by atoms with Crippen LogP contribution in [0.4, 0.5) is 5.82 Å². The number of sulfonamides is 1. The first-order valence-corrected chi connectivity index (χ1v) is 9.35. The van der Waals surface area contributed by atoms with E-state index in [0.717, 1.165) is 6.42 Å². The second-order valence-electron chi connectivity index (χ2n) is 5.36. The van der Waals surface area contributed by atoms with E-state index in [1.807, 2.05) is 12.3 Å². The highest BCUT2D eigenvalue weighted by Crippen LogP contribution is 2.27. The summed E-state index contributed by atoms with van der Waals surface area (Å²) in [5.41, 5.74) is 0. The molecule has 2 aromatic heterocycles. The molecule has 0 radical (unpaired) electrons. The van der Waals surface area contributed by atoms with Crippen LogP contribution in [0.15, 0.2) is 16.6 Å². The second-order valence-corrected chi connectivity index (χ2v) is 8.19. The Labute approximate surface area is 129 Å². The van der Waals surface area contributed by atoms with Gasteiger partial charge in [0.25, 0.3) is 10.0 Å². The van der Waals surface area contributed by atoms with Gasteiger partial charge in [0.15, 0.2) is 15.8 Å². The molecular formula is C13H22N4O2S2. The second kappa shape index (κ2) is 6.33. The number of rotatable bonds is 7. The molecule has 6 nitrogen and oxygen atoms in total. The SMILES string of the molecule is CCNc1nc2sccn2c1S(=O)(=O)N(C)CCC(C)C. The molecule has 0 saturated heterocycles. The molecule has 0 aliphatic heterocycles. The lowest BCUT2D eigenvalue weighted by Crippen LogP contribution is -2.30. The van der Waals surface area contributed by atoms with E-state index in [1.54, 1.807) is 17.6 Å². The number of fused-ring (bicyclic) bond motifs is 1. The number of imidazole rings is 1. The Bertz CT molecular complexity index is 703. The molecule has 0 fully saturated rings. The Morgan fingerprint density at radius 1 is 1.48 bits per heavy atom. The molecule has 118 valence electrons. The molecule has 21 heavy (non-hydrogen) atoms. The Balaban J connectivity index is 2.42. The Morgan fingerprint density at radius 3 is 2.81 bits per heavy atom. The minimum atomic E-state index is -3.56. The van der Waals surface area contributed by atoms with Gasteiger partial charge in [0, 0.05) is 31.7 Å². The van der Waals surface area contributed by atoms with Gasteiger partial charge in [-0.25, -0.2) is 13.4 Å². The van der Waals surface area contributed by atoms with E-state index >= 15 is 0 Å². The predicted molar refractivity (Wildman–Crippen MR) is 86.5 cm³/mol. The van der Waals surface area contributed by atoms with Gasteiger partial charge in [-0.1, -0.05) is 13.8 Å². The van der Waals surface area contributed by atoms with E-state index in [2.05, 4.69) is 24.1 Å². The molecule has 0 saturated carbocycles. The molecular weight excluding hydrogens is 308 g/mol. The predicted octanol–water partition coefficient (Wildman–Crippen LogP) is 2.49. The van der Waals surface area contributed by atoms with Crippen molar-refractivity contribution in [2.45, 2.75) is 32.2 Å². The van der Waals surface area contributed by atoms with Gasteiger partial charge in [0.05, 0.1) is 0 Å². The first kappa shape index (κ1) is 16.3. The fraction of sp³-hybridized carbons (Fsp3) is 0.615. The molecule has 0 amide bonds. The third kappa shape index (κ3) is 3.22. The maximum atomic E-state index is 12.8. The molecule has 0 spiro atoms. The molecule has 2 heterocycles. The van der Waals surface area contributed by atoms with Gasteiger partial charge < -0.3 is 5.32 Å². The van der Waals surface area contributed by atoms with Crippen molar-refractivity contribution < 1.29 is 8.42 Å². The van der Waals surface area contributed by atoms with Crippen molar-refractivity contribution in [3.05, 3.63) is 11.6 Å². The van der Waals surface area contributed by atoms with E-state index in [9.17, 15) is 8.42 Å². The molecule has 0 atom stereocenters. The molecule has 0 bridgehead atoms. The van der Waals surface area contributed by atoms with E-state index in [4.69, 9.17) is 0 Å². The zero-order valence-electron chi connectivity index (χ0n) is 12.8. The summed E-state index contributed by atoms with van der Waals surface area (Å²) >= 11 is 1.42. The lowest BCUT2D eigenvalue weighted by molar-refractivity contribution is 0.426. The normalized spacial score (nSPS) is 12.7. The van der Waals surface area contributed by atoms with Crippen LogP contribution in [-0.2, 0) is 10.0 Å².